The van der Waals surface area contributed by atoms with Crippen LogP contribution in [0, 0.1) is 0 Å². The van der Waals surface area contributed by atoms with E-state index in [1.165, 1.54) is 0 Å². The van der Waals surface area contributed by atoms with Crippen LogP contribution >= 0.6 is 11.6 Å². The van der Waals surface area contributed by atoms with E-state index in [-0.39, 0.29) is 0 Å². The summed E-state index contributed by atoms with van der Waals surface area (Å²) in [6.07, 6.45) is 0. The number of hydrogen-bond acceptors (Lipinski definition) is 3. The summed E-state index contributed by atoms with van der Waals surface area (Å²) in [6.45, 7) is 0. The first kappa shape index (κ1) is 15.0. The van der Waals surface area contributed by atoms with Crippen molar-refractivity contribution in [2.24, 2.45) is 0 Å². The topological polar surface area (TPSA) is 43.6 Å². The van der Waals surface area contributed by atoms with Crippen LogP contribution in [0.4, 0.5) is 0 Å². The third kappa shape index (κ3) is 2.43. The average molecular weight is 357 g/mol. The van der Waals surface area contributed by atoms with Crippen molar-refractivity contribution in [1.29, 1.82) is 0 Å². The quantitative estimate of drug-likeness (QED) is 0.431. The summed E-state index contributed by atoms with van der Waals surface area (Å²) in [5.41, 5.74) is 4.98. The SMILES string of the molecule is Clc1ccc(-n2c(-c3ccccc3)nc3nc4ccccc4nc32)cc1. The van der Waals surface area contributed by atoms with Gasteiger partial charge in [-0.05, 0) is 36.4 Å². The van der Waals surface area contributed by atoms with Gasteiger partial charge in [-0.2, -0.15) is 0 Å². The van der Waals surface area contributed by atoms with Gasteiger partial charge < -0.3 is 0 Å². The molecule has 3 aromatic carbocycles. The predicted molar refractivity (Wildman–Crippen MR) is 105 cm³/mol. The van der Waals surface area contributed by atoms with E-state index in [9.17, 15) is 0 Å². The fourth-order valence-electron chi connectivity index (χ4n) is 3.07. The maximum Gasteiger partial charge on any atom is 0.199 e. The molecule has 2 heterocycles. The van der Waals surface area contributed by atoms with E-state index in [4.69, 9.17) is 26.6 Å². The second kappa shape index (κ2) is 5.93. The Bertz CT molecular complexity index is 1230. The Labute approximate surface area is 154 Å². The molecule has 4 nitrogen and oxygen atoms in total. The maximum atomic E-state index is 6.07. The normalized spacial score (nSPS) is 11.3. The first-order chi connectivity index (χ1) is 12.8. The van der Waals surface area contributed by atoms with Gasteiger partial charge in [-0.25, -0.2) is 15.0 Å². The van der Waals surface area contributed by atoms with E-state index in [2.05, 4.69) is 0 Å². The zero-order chi connectivity index (χ0) is 17.5. The van der Waals surface area contributed by atoms with Crippen molar-refractivity contribution in [3.05, 3.63) is 83.9 Å². The van der Waals surface area contributed by atoms with Gasteiger partial charge in [0, 0.05) is 16.3 Å². The second-order valence-corrected chi connectivity index (χ2v) is 6.41. The van der Waals surface area contributed by atoms with Crippen LogP contribution in [0.1, 0.15) is 0 Å². The number of hydrogen-bond donors (Lipinski definition) is 0. The Morgan fingerprint density at radius 2 is 1.31 bits per heavy atom. The highest BCUT2D eigenvalue weighted by molar-refractivity contribution is 6.30. The maximum absolute atomic E-state index is 6.07. The second-order valence-electron chi connectivity index (χ2n) is 5.97. The molecule has 0 atom stereocenters. The summed E-state index contributed by atoms with van der Waals surface area (Å²) >= 11 is 6.07. The van der Waals surface area contributed by atoms with E-state index in [0.717, 1.165) is 33.8 Å². The molecule has 124 valence electrons. The molecule has 0 aliphatic rings. The molecule has 2 aromatic heterocycles. The van der Waals surface area contributed by atoms with Crippen LogP contribution in [-0.2, 0) is 0 Å². The van der Waals surface area contributed by atoms with Gasteiger partial charge >= 0.3 is 0 Å². The number of rotatable bonds is 2. The van der Waals surface area contributed by atoms with Gasteiger partial charge in [-0.15, -0.1) is 0 Å². The third-order valence-electron chi connectivity index (χ3n) is 4.29. The Balaban J connectivity index is 1.88. The lowest BCUT2D eigenvalue weighted by molar-refractivity contribution is 1.08. The van der Waals surface area contributed by atoms with Crippen molar-refractivity contribution in [3.63, 3.8) is 0 Å². The van der Waals surface area contributed by atoms with Crippen molar-refractivity contribution >= 4 is 33.9 Å². The number of aromatic nitrogens is 4. The molecule has 5 heteroatoms. The summed E-state index contributed by atoms with van der Waals surface area (Å²) < 4.78 is 2.03. The van der Waals surface area contributed by atoms with E-state index >= 15 is 0 Å². The van der Waals surface area contributed by atoms with Gasteiger partial charge in [0.15, 0.2) is 11.3 Å². The van der Waals surface area contributed by atoms with E-state index in [0.29, 0.717) is 10.7 Å². The van der Waals surface area contributed by atoms with E-state index in [1.54, 1.807) is 0 Å². The number of benzene rings is 3. The molecule has 0 amide bonds. The summed E-state index contributed by atoms with van der Waals surface area (Å²) in [7, 11) is 0. The molecule has 0 N–H and O–H groups in total. The van der Waals surface area contributed by atoms with Crippen LogP contribution in [0.15, 0.2) is 78.9 Å². The van der Waals surface area contributed by atoms with Gasteiger partial charge in [0.1, 0.15) is 5.82 Å². The van der Waals surface area contributed by atoms with Crippen LogP contribution in [0.3, 0.4) is 0 Å². The lowest BCUT2D eigenvalue weighted by atomic mass is 10.2. The molecule has 0 saturated carbocycles. The fraction of sp³-hybridized carbons (Fsp3) is 0. The van der Waals surface area contributed by atoms with E-state index in [1.807, 2.05) is 83.4 Å². The van der Waals surface area contributed by atoms with Gasteiger partial charge in [0.05, 0.1) is 11.0 Å². The molecule has 0 radical (unpaired) electrons. The lowest BCUT2D eigenvalue weighted by Crippen LogP contribution is -1.99. The molecule has 0 aliphatic heterocycles. The van der Waals surface area contributed by atoms with Crippen molar-refractivity contribution in [3.8, 4) is 17.1 Å². The fourth-order valence-corrected chi connectivity index (χ4v) is 3.20. The molecule has 5 rings (SSSR count). The Morgan fingerprint density at radius 3 is 2.04 bits per heavy atom. The minimum atomic E-state index is 0.623. The predicted octanol–water partition coefficient (Wildman–Crippen LogP) is 5.29. The van der Waals surface area contributed by atoms with Crippen molar-refractivity contribution in [2.45, 2.75) is 0 Å². The van der Waals surface area contributed by atoms with Crippen LogP contribution < -0.4 is 0 Å². The van der Waals surface area contributed by atoms with Crippen LogP contribution in [0.25, 0.3) is 39.4 Å². The number of imidazole rings is 1. The lowest BCUT2D eigenvalue weighted by Gasteiger charge is -2.09. The molecule has 0 saturated heterocycles. The Kier molecular flexibility index (Phi) is 3.43. The van der Waals surface area contributed by atoms with E-state index < -0.39 is 0 Å². The monoisotopic (exact) mass is 356 g/mol. The summed E-state index contributed by atoms with van der Waals surface area (Å²) in [6, 6.07) is 25.5. The van der Waals surface area contributed by atoms with Gasteiger partial charge in [0.2, 0.25) is 0 Å². The number of para-hydroxylation sites is 2. The van der Waals surface area contributed by atoms with Gasteiger partial charge in [-0.1, -0.05) is 54.1 Å². The molecule has 26 heavy (non-hydrogen) atoms. The highest BCUT2D eigenvalue weighted by Crippen LogP contribution is 2.28. The smallest absolute Gasteiger partial charge is 0.199 e. The zero-order valence-corrected chi connectivity index (χ0v) is 14.4. The number of fused-ring (bicyclic) bond motifs is 2. The van der Waals surface area contributed by atoms with Crippen molar-refractivity contribution in [1.82, 2.24) is 19.5 Å². The Hall–Kier alpha value is -3.24. The molecular formula is C21H13ClN4. The Morgan fingerprint density at radius 1 is 0.654 bits per heavy atom. The third-order valence-corrected chi connectivity index (χ3v) is 4.54. The first-order valence-electron chi connectivity index (χ1n) is 8.26. The van der Waals surface area contributed by atoms with Crippen LogP contribution in [0.5, 0.6) is 0 Å². The van der Waals surface area contributed by atoms with Crippen LogP contribution in [0.2, 0.25) is 5.02 Å². The summed E-state index contributed by atoms with van der Waals surface area (Å²) in [5, 5.41) is 0.691. The summed E-state index contributed by atoms with van der Waals surface area (Å²) in [5.74, 6) is 0.804. The standard InChI is InChI=1S/C21H13ClN4/c22-15-10-12-16(13-11-15)26-20(14-6-2-1-3-7-14)25-19-21(26)24-18-9-5-4-8-17(18)23-19/h1-13H. The largest absolute Gasteiger partial charge is 0.275 e. The van der Waals surface area contributed by atoms with Gasteiger partial charge in [-0.3, -0.25) is 4.57 Å². The average Bonchev–Trinajstić information content (AvgIpc) is 3.06. The summed E-state index contributed by atoms with van der Waals surface area (Å²) in [4.78, 5) is 14.3. The number of halogens is 1. The molecule has 5 aromatic rings. The molecular weight excluding hydrogens is 344 g/mol. The molecule has 0 spiro atoms. The van der Waals surface area contributed by atoms with Gasteiger partial charge in [0.25, 0.3) is 0 Å². The number of nitrogens with zero attached hydrogens (tertiary/aromatic N) is 4. The highest BCUT2D eigenvalue weighted by Gasteiger charge is 2.17. The minimum Gasteiger partial charge on any atom is -0.275 e. The molecule has 0 unspecified atom stereocenters. The van der Waals surface area contributed by atoms with Crippen molar-refractivity contribution < 1.29 is 0 Å². The molecule has 0 bridgehead atoms. The molecule has 0 aliphatic carbocycles. The van der Waals surface area contributed by atoms with Crippen LogP contribution in [-0.4, -0.2) is 19.5 Å². The molecule has 0 fully saturated rings. The minimum absolute atomic E-state index is 0.623. The zero-order valence-electron chi connectivity index (χ0n) is 13.7. The first-order valence-corrected chi connectivity index (χ1v) is 8.64. The highest BCUT2D eigenvalue weighted by atomic mass is 35.5. The van der Waals surface area contributed by atoms with Crippen molar-refractivity contribution in [2.75, 3.05) is 0 Å².